The van der Waals surface area contributed by atoms with Gasteiger partial charge in [-0.2, -0.15) is 0 Å². The van der Waals surface area contributed by atoms with E-state index in [1.54, 1.807) is 10.4 Å². The molecule has 0 aromatic carbocycles. The molecule has 0 saturated heterocycles. The lowest BCUT2D eigenvalue weighted by atomic mass is 9.90. The molecule has 1 nitrogen and oxygen atoms in total. The molecule has 1 aromatic heterocycles. The number of halogens is 1. The normalized spacial score (nSPS) is 31.8. The number of nitrogens with one attached hydrogen (secondary N) is 1. The fourth-order valence-electron chi connectivity index (χ4n) is 3.69. The summed E-state index contributed by atoms with van der Waals surface area (Å²) in [6.07, 6.45) is 11.1. The molecule has 0 bridgehead atoms. The Morgan fingerprint density at radius 2 is 2.00 bits per heavy atom. The molecule has 3 unspecified atom stereocenters. The number of aryl methyl sites for hydroxylation is 1. The maximum absolute atomic E-state index is 4.02. The third-order valence-corrected chi connectivity index (χ3v) is 6.83. The highest BCUT2D eigenvalue weighted by Crippen LogP contribution is 2.37. The minimum Gasteiger partial charge on any atom is -0.307 e. The van der Waals surface area contributed by atoms with Crippen molar-refractivity contribution >= 4 is 33.9 Å². The Bertz CT molecular complexity index is 428. The average molecular weight is 389 g/mol. The van der Waals surface area contributed by atoms with E-state index in [9.17, 15) is 0 Å². The van der Waals surface area contributed by atoms with Gasteiger partial charge >= 0.3 is 0 Å². The van der Waals surface area contributed by atoms with Crippen molar-refractivity contribution in [3.8, 4) is 0 Å². The van der Waals surface area contributed by atoms with Crippen LogP contribution in [0.3, 0.4) is 0 Å². The second-order valence-electron chi connectivity index (χ2n) is 6.26. The molecular formula is C16H24INS. The van der Waals surface area contributed by atoms with Gasteiger partial charge in [-0.1, -0.05) is 26.2 Å². The van der Waals surface area contributed by atoms with Crippen LogP contribution < -0.4 is 5.32 Å². The molecule has 2 aliphatic carbocycles. The molecule has 0 aliphatic heterocycles. The predicted octanol–water partition coefficient (Wildman–Crippen LogP) is 5.29. The van der Waals surface area contributed by atoms with Crippen molar-refractivity contribution in [2.45, 2.75) is 70.4 Å². The summed E-state index contributed by atoms with van der Waals surface area (Å²) in [7, 11) is 0. The van der Waals surface area contributed by atoms with Gasteiger partial charge in [-0.3, -0.25) is 0 Å². The van der Waals surface area contributed by atoms with Gasteiger partial charge in [0.15, 0.2) is 0 Å². The van der Waals surface area contributed by atoms with Crippen molar-refractivity contribution in [3.05, 3.63) is 19.4 Å². The monoisotopic (exact) mass is 389 g/mol. The van der Waals surface area contributed by atoms with E-state index in [-0.39, 0.29) is 0 Å². The van der Waals surface area contributed by atoms with E-state index < -0.39 is 0 Å². The van der Waals surface area contributed by atoms with Gasteiger partial charge < -0.3 is 5.32 Å². The number of rotatable bonds is 2. The van der Waals surface area contributed by atoms with E-state index in [4.69, 9.17) is 0 Å². The zero-order valence-electron chi connectivity index (χ0n) is 11.8. The zero-order chi connectivity index (χ0) is 13.2. The van der Waals surface area contributed by atoms with Crippen LogP contribution in [0.2, 0.25) is 0 Å². The van der Waals surface area contributed by atoms with Crippen LogP contribution in [0.25, 0.3) is 0 Å². The Morgan fingerprint density at radius 1 is 1.16 bits per heavy atom. The summed E-state index contributed by atoms with van der Waals surface area (Å²) in [5.74, 6) is 0.852. The number of thiophene rings is 1. The first kappa shape index (κ1) is 14.3. The van der Waals surface area contributed by atoms with Gasteiger partial charge in [-0.15, -0.1) is 11.3 Å². The van der Waals surface area contributed by atoms with Crippen LogP contribution in [0.15, 0.2) is 6.07 Å². The fourth-order valence-corrected chi connectivity index (χ4v) is 5.81. The Morgan fingerprint density at radius 3 is 2.89 bits per heavy atom. The molecule has 1 aromatic rings. The Hall–Kier alpha value is 0.390. The van der Waals surface area contributed by atoms with Crippen LogP contribution in [0, 0.1) is 8.80 Å². The SMILES string of the molecule is CC1CCCCCC1NC1CCCc2sc(I)cc21. The summed E-state index contributed by atoms with van der Waals surface area (Å²) in [5, 5.41) is 4.02. The number of hydrogen-bond donors (Lipinski definition) is 1. The van der Waals surface area contributed by atoms with Crippen molar-refractivity contribution in [2.24, 2.45) is 5.92 Å². The van der Waals surface area contributed by atoms with E-state index in [0.29, 0.717) is 6.04 Å². The second kappa shape index (κ2) is 6.44. The third-order valence-electron chi connectivity index (χ3n) is 4.86. The van der Waals surface area contributed by atoms with Gasteiger partial charge in [0.25, 0.3) is 0 Å². The van der Waals surface area contributed by atoms with Gasteiger partial charge in [-0.05, 0) is 72.2 Å². The van der Waals surface area contributed by atoms with Crippen molar-refractivity contribution in [1.29, 1.82) is 0 Å². The molecule has 1 heterocycles. The van der Waals surface area contributed by atoms with Crippen LogP contribution >= 0.6 is 33.9 Å². The molecule has 3 heteroatoms. The lowest BCUT2D eigenvalue weighted by Gasteiger charge is -2.31. The highest BCUT2D eigenvalue weighted by atomic mass is 127. The molecule has 0 radical (unpaired) electrons. The van der Waals surface area contributed by atoms with Gasteiger partial charge in [-0.25, -0.2) is 0 Å². The fraction of sp³-hybridized carbons (Fsp3) is 0.750. The molecule has 3 atom stereocenters. The minimum atomic E-state index is 0.633. The molecule has 1 saturated carbocycles. The first-order chi connectivity index (χ1) is 9.24. The van der Waals surface area contributed by atoms with Crippen molar-refractivity contribution < 1.29 is 0 Å². The smallest absolute Gasteiger partial charge is 0.0659 e. The zero-order valence-corrected chi connectivity index (χ0v) is 14.7. The summed E-state index contributed by atoms with van der Waals surface area (Å²) in [5.41, 5.74) is 1.62. The topological polar surface area (TPSA) is 12.0 Å². The van der Waals surface area contributed by atoms with Crippen LogP contribution in [-0.4, -0.2) is 6.04 Å². The molecule has 1 fully saturated rings. The first-order valence-corrected chi connectivity index (χ1v) is 9.67. The first-order valence-electron chi connectivity index (χ1n) is 7.78. The summed E-state index contributed by atoms with van der Waals surface area (Å²) in [6.45, 7) is 2.45. The Balaban J connectivity index is 1.72. The van der Waals surface area contributed by atoms with E-state index >= 15 is 0 Å². The molecule has 0 amide bonds. The second-order valence-corrected chi connectivity index (χ2v) is 9.29. The van der Waals surface area contributed by atoms with Crippen molar-refractivity contribution in [3.63, 3.8) is 0 Å². The van der Waals surface area contributed by atoms with Crippen LogP contribution in [0.4, 0.5) is 0 Å². The van der Waals surface area contributed by atoms with Crippen molar-refractivity contribution in [2.75, 3.05) is 0 Å². The Labute approximate surface area is 134 Å². The van der Waals surface area contributed by atoms with Crippen LogP contribution in [0.1, 0.15) is 68.4 Å². The standard InChI is InChI=1S/C16H24INS/c1-11-6-3-2-4-7-13(11)18-14-8-5-9-15-12(14)10-16(17)19-15/h10-11,13-14,18H,2-9H2,1H3. The Kier molecular flexibility index (Phi) is 4.86. The largest absolute Gasteiger partial charge is 0.307 e. The molecule has 106 valence electrons. The highest BCUT2D eigenvalue weighted by molar-refractivity contribution is 14.1. The molecule has 1 N–H and O–H groups in total. The maximum atomic E-state index is 4.02. The molecule has 0 spiro atoms. The lowest BCUT2D eigenvalue weighted by Crippen LogP contribution is -2.38. The van der Waals surface area contributed by atoms with Gasteiger partial charge in [0.2, 0.25) is 0 Å². The van der Waals surface area contributed by atoms with Gasteiger partial charge in [0, 0.05) is 17.0 Å². The van der Waals surface area contributed by atoms with Gasteiger partial charge in [0.05, 0.1) is 2.88 Å². The predicted molar refractivity (Wildman–Crippen MR) is 91.9 cm³/mol. The third kappa shape index (κ3) is 3.35. The quantitative estimate of drug-likeness (QED) is 0.536. The minimum absolute atomic E-state index is 0.633. The maximum Gasteiger partial charge on any atom is 0.0659 e. The molecular weight excluding hydrogens is 365 g/mol. The summed E-state index contributed by atoms with van der Waals surface area (Å²) in [4.78, 5) is 1.65. The van der Waals surface area contributed by atoms with E-state index in [1.807, 2.05) is 11.3 Å². The van der Waals surface area contributed by atoms with Crippen LogP contribution in [0.5, 0.6) is 0 Å². The lowest BCUT2D eigenvalue weighted by molar-refractivity contribution is 0.306. The number of hydrogen-bond acceptors (Lipinski definition) is 2. The summed E-state index contributed by atoms with van der Waals surface area (Å²) in [6, 6.07) is 3.81. The van der Waals surface area contributed by atoms with E-state index in [1.165, 1.54) is 54.3 Å². The molecule has 19 heavy (non-hydrogen) atoms. The molecule has 2 aliphatic rings. The average Bonchev–Trinajstić information content (AvgIpc) is 2.66. The van der Waals surface area contributed by atoms with E-state index in [0.717, 1.165) is 12.0 Å². The van der Waals surface area contributed by atoms with Gasteiger partial charge in [0.1, 0.15) is 0 Å². The van der Waals surface area contributed by atoms with Crippen molar-refractivity contribution in [1.82, 2.24) is 5.32 Å². The highest BCUT2D eigenvalue weighted by Gasteiger charge is 2.27. The van der Waals surface area contributed by atoms with E-state index in [2.05, 4.69) is 40.9 Å². The number of fused-ring (bicyclic) bond motifs is 1. The van der Waals surface area contributed by atoms with Crippen LogP contribution in [-0.2, 0) is 6.42 Å². The molecule has 3 rings (SSSR count). The summed E-state index contributed by atoms with van der Waals surface area (Å²) >= 11 is 4.49. The summed E-state index contributed by atoms with van der Waals surface area (Å²) < 4.78 is 1.46.